The molecule has 2 aromatic heterocycles. The van der Waals surface area contributed by atoms with Gasteiger partial charge in [-0.3, -0.25) is 0 Å². The molecule has 92 valence electrons. The van der Waals surface area contributed by atoms with Crippen molar-refractivity contribution < 1.29 is 13.9 Å². The van der Waals surface area contributed by atoms with E-state index in [9.17, 15) is 5.11 Å². The second kappa shape index (κ2) is 3.65. The van der Waals surface area contributed by atoms with Crippen LogP contribution in [-0.4, -0.2) is 5.11 Å². The second-order valence-electron chi connectivity index (χ2n) is 4.41. The lowest BCUT2D eigenvalue weighted by molar-refractivity contribution is 0.480. The second-order valence-corrected chi connectivity index (χ2v) is 4.41. The van der Waals surface area contributed by atoms with Gasteiger partial charge in [0.1, 0.15) is 17.1 Å². The minimum Gasteiger partial charge on any atom is -0.506 e. The Morgan fingerprint density at radius 2 is 1.58 bits per heavy atom. The molecule has 4 rings (SSSR count). The van der Waals surface area contributed by atoms with Gasteiger partial charge in [-0.25, -0.2) is 0 Å². The molecule has 0 amide bonds. The van der Waals surface area contributed by atoms with Crippen molar-refractivity contribution in [1.29, 1.82) is 0 Å². The highest BCUT2D eigenvalue weighted by Gasteiger charge is 2.18. The molecule has 19 heavy (non-hydrogen) atoms. The first-order valence-corrected chi connectivity index (χ1v) is 6.01. The smallest absolute Gasteiger partial charge is 0.145 e. The van der Waals surface area contributed by atoms with Gasteiger partial charge in [0.05, 0.1) is 23.5 Å². The average Bonchev–Trinajstić information content (AvgIpc) is 3.10. The van der Waals surface area contributed by atoms with Gasteiger partial charge >= 0.3 is 0 Å². The van der Waals surface area contributed by atoms with Gasteiger partial charge in [-0.2, -0.15) is 0 Å². The number of phenols is 1. The SMILES string of the molecule is Oc1c(-c2ccco2)c2ccccc2c2occc12. The van der Waals surface area contributed by atoms with Crippen LogP contribution >= 0.6 is 0 Å². The zero-order chi connectivity index (χ0) is 12.8. The molecule has 3 nitrogen and oxygen atoms in total. The van der Waals surface area contributed by atoms with Crippen molar-refractivity contribution in [1.82, 2.24) is 0 Å². The molecule has 4 aromatic rings. The first-order valence-electron chi connectivity index (χ1n) is 6.01. The number of phenolic OH excluding ortho intramolecular Hbond substituents is 1. The maximum absolute atomic E-state index is 10.5. The fourth-order valence-corrected chi connectivity index (χ4v) is 2.54. The van der Waals surface area contributed by atoms with Crippen molar-refractivity contribution >= 4 is 21.7 Å². The number of hydrogen-bond acceptors (Lipinski definition) is 3. The highest BCUT2D eigenvalue weighted by Crippen LogP contribution is 2.43. The molecule has 0 spiro atoms. The monoisotopic (exact) mass is 250 g/mol. The lowest BCUT2D eigenvalue weighted by Gasteiger charge is -2.08. The summed E-state index contributed by atoms with van der Waals surface area (Å²) in [5, 5.41) is 13.1. The number of hydrogen-bond donors (Lipinski definition) is 1. The Morgan fingerprint density at radius 1 is 0.737 bits per heavy atom. The zero-order valence-electron chi connectivity index (χ0n) is 9.96. The van der Waals surface area contributed by atoms with Gasteiger partial charge in [0, 0.05) is 10.8 Å². The number of rotatable bonds is 1. The summed E-state index contributed by atoms with van der Waals surface area (Å²) in [5.41, 5.74) is 1.40. The maximum atomic E-state index is 10.5. The molecule has 3 heteroatoms. The quantitative estimate of drug-likeness (QED) is 0.539. The molecule has 0 aliphatic rings. The Morgan fingerprint density at radius 3 is 2.37 bits per heavy atom. The van der Waals surface area contributed by atoms with E-state index in [0.717, 1.165) is 10.8 Å². The van der Waals surface area contributed by atoms with E-state index in [4.69, 9.17) is 8.83 Å². The van der Waals surface area contributed by atoms with Gasteiger partial charge in [0.15, 0.2) is 0 Å². The van der Waals surface area contributed by atoms with Crippen LogP contribution in [0.5, 0.6) is 5.75 Å². The fraction of sp³-hybridized carbons (Fsp3) is 0. The molecule has 0 saturated carbocycles. The van der Waals surface area contributed by atoms with Crippen molar-refractivity contribution in [2.45, 2.75) is 0 Å². The van der Waals surface area contributed by atoms with Gasteiger partial charge < -0.3 is 13.9 Å². The van der Waals surface area contributed by atoms with E-state index in [1.165, 1.54) is 0 Å². The third-order valence-corrected chi connectivity index (χ3v) is 3.37. The summed E-state index contributed by atoms with van der Waals surface area (Å²) in [6.45, 7) is 0. The van der Waals surface area contributed by atoms with Crippen LogP contribution in [-0.2, 0) is 0 Å². The van der Waals surface area contributed by atoms with E-state index >= 15 is 0 Å². The van der Waals surface area contributed by atoms with Crippen LogP contribution in [0.25, 0.3) is 33.1 Å². The van der Waals surface area contributed by atoms with Crippen molar-refractivity contribution in [2.24, 2.45) is 0 Å². The number of aromatic hydroxyl groups is 1. The molecule has 1 N–H and O–H groups in total. The highest BCUT2D eigenvalue weighted by molar-refractivity contribution is 6.14. The van der Waals surface area contributed by atoms with Crippen LogP contribution in [0.2, 0.25) is 0 Å². The van der Waals surface area contributed by atoms with E-state index < -0.39 is 0 Å². The highest BCUT2D eigenvalue weighted by atomic mass is 16.3. The van der Waals surface area contributed by atoms with Gasteiger partial charge in [-0.05, 0) is 18.2 Å². The first kappa shape index (κ1) is 10.3. The average molecular weight is 250 g/mol. The standard InChI is InChI=1S/C16H10O3/c17-15-12-7-9-19-16(12)11-5-2-1-4-10(11)14(15)13-6-3-8-18-13/h1-9,17H. The molecular formula is C16H10O3. The predicted molar refractivity (Wildman–Crippen MR) is 73.1 cm³/mol. The van der Waals surface area contributed by atoms with E-state index in [1.807, 2.05) is 36.4 Å². The Hall–Kier alpha value is -2.68. The molecule has 2 aromatic carbocycles. The lowest BCUT2D eigenvalue weighted by atomic mass is 9.99. The van der Waals surface area contributed by atoms with Crippen LogP contribution in [0, 0.1) is 0 Å². The molecule has 0 unspecified atom stereocenters. The summed E-state index contributed by atoms with van der Waals surface area (Å²) in [6, 6.07) is 13.2. The Kier molecular flexibility index (Phi) is 1.97. The van der Waals surface area contributed by atoms with Gasteiger partial charge in [-0.1, -0.05) is 24.3 Å². The Bertz CT molecular complexity index is 870. The molecule has 0 radical (unpaired) electrons. The summed E-state index contributed by atoms with van der Waals surface area (Å²) in [7, 11) is 0. The van der Waals surface area contributed by atoms with Crippen LogP contribution in [0.3, 0.4) is 0 Å². The third kappa shape index (κ3) is 1.32. The van der Waals surface area contributed by atoms with Crippen molar-refractivity contribution in [3.8, 4) is 17.1 Å². The lowest BCUT2D eigenvalue weighted by Crippen LogP contribution is -1.82. The summed E-state index contributed by atoms with van der Waals surface area (Å²) in [5.74, 6) is 0.842. The molecule has 0 aliphatic carbocycles. The summed E-state index contributed by atoms with van der Waals surface area (Å²) in [6.07, 6.45) is 3.19. The first-order chi connectivity index (χ1) is 9.36. The predicted octanol–water partition coefficient (Wildman–Crippen LogP) is 4.55. The molecule has 2 heterocycles. The Labute approximate surface area is 108 Å². The maximum Gasteiger partial charge on any atom is 0.145 e. The molecule has 0 fully saturated rings. The number of furan rings is 2. The summed E-state index contributed by atoms with van der Waals surface area (Å²) >= 11 is 0. The van der Waals surface area contributed by atoms with Crippen molar-refractivity contribution in [3.05, 3.63) is 55.0 Å². The molecule has 0 saturated heterocycles. The van der Waals surface area contributed by atoms with E-state index in [0.29, 0.717) is 22.3 Å². The van der Waals surface area contributed by atoms with Crippen LogP contribution in [0.1, 0.15) is 0 Å². The van der Waals surface area contributed by atoms with Crippen LogP contribution in [0.15, 0.2) is 63.8 Å². The summed E-state index contributed by atoms with van der Waals surface area (Å²) < 4.78 is 10.9. The topological polar surface area (TPSA) is 46.5 Å². The normalized spacial score (nSPS) is 11.4. The van der Waals surface area contributed by atoms with Gasteiger partial charge in [0.2, 0.25) is 0 Å². The van der Waals surface area contributed by atoms with Crippen LogP contribution < -0.4 is 0 Å². The van der Waals surface area contributed by atoms with E-state index in [1.54, 1.807) is 18.6 Å². The summed E-state index contributed by atoms with van der Waals surface area (Å²) in [4.78, 5) is 0. The van der Waals surface area contributed by atoms with Crippen molar-refractivity contribution in [3.63, 3.8) is 0 Å². The third-order valence-electron chi connectivity index (χ3n) is 3.37. The van der Waals surface area contributed by atoms with Crippen molar-refractivity contribution in [2.75, 3.05) is 0 Å². The number of benzene rings is 2. The molecular weight excluding hydrogens is 240 g/mol. The Balaban J connectivity index is 2.29. The van der Waals surface area contributed by atoms with E-state index in [-0.39, 0.29) is 5.75 Å². The van der Waals surface area contributed by atoms with Gasteiger partial charge in [0.25, 0.3) is 0 Å². The minimum absolute atomic E-state index is 0.192. The minimum atomic E-state index is 0.192. The number of fused-ring (bicyclic) bond motifs is 3. The van der Waals surface area contributed by atoms with Gasteiger partial charge in [-0.15, -0.1) is 0 Å². The fourth-order valence-electron chi connectivity index (χ4n) is 2.54. The largest absolute Gasteiger partial charge is 0.506 e. The zero-order valence-corrected chi connectivity index (χ0v) is 9.96. The molecule has 0 aliphatic heterocycles. The van der Waals surface area contributed by atoms with E-state index in [2.05, 4.69) is 0 Å². The molecule has 0 atom stereocenters. The van der Waals surface area contributed by atoms with Crippen LogP contribution in [0.4, 0.5) is 0 Å². The molecule has 0 bridgehead atoms.